The van der Waals surface area contributed by atoms with E-state index < -0.39 is 11.8 Å². The van der Waals surface area contributed by atoms with E-state index >= 15 is 0 Å². The molecule has 0 spiro atoms. The number of hydrogen-bond acceptors (Lipinski definition) is 3. The molecule has 2 N–H and O–H groups in total. The average Bonchev–Trinajstić information content (AvgIpc) is 3.28. The standard InChI is InChI=1S/C20H19F2N3O2/c1-20(4-5-20)19(26)24-10-14-7-13-8-15(21)17(9-16(13)25-14)27-11-12-3-2-6-23-18(12)22/h2-3,6-9,25H,4-5,10-11H2,1H3,(H,24,26). The summed E-state index contributed by atoms with van der Waals surface area (Å²) in [4.78, 5) is 18.7. The van der Waals surface area contributed by atoms with Gasteiger partial charge in [-0.15, -0.1) is 0 Å². The molecule has 1 aromatic carbocycles. The first-order chi connectivity index (χ1) is 12.9. The van der Waals surface area contributed by atoms with Crippen LogP contribution in [0.5, 0.6) is 5.75 Å². The number of rotatable bonds is 6. The molecular weight excluding hydrogens is 352 g/mol. The summed E-state index contributed by atoms with van der Waals surface area (Å²) >= 11 is 0. The van der Waals surface area contributed by atoms with Crippen LogP contribution in [0.3, 0.4) is 0 Å². The molecule has 0 atom stereocenters. The molecule has 1 aliphatic carbocycles. The molecule has 7 heteroatoms. The molecule has 0 radical (unpaired) electrons. The lowest BCUT2D eigenvalue weighted by Gasteiger charge is -2.08. The van der Waals surface area contributed by atoms with Crippen molar-refractivity contribution in [2.24, 2.45) is 5.41 Å². The van der Waals surface area contributed by atoms with Crippen molar-refractivity contribution in [3.05, 3.63) is 59.6 Å². The van der Waals surface area contributed by atoms with Crippen molar-refractivity contribution in [3.63, 3.8) is 0 Å². The summed E-state index contributed by atoms with van der Waals surface area (Å²) in [7, 11) is 0. The van der Waals surface area contributed by atoms with Crippen molar-refractivity contribution >= 4 is 16.8 Å². The molecule has 0 saturated heterocycles. The minimum absolute atomic E-state index is 0.0219. The number of ether oxygens (including phenoxy) is 1. The number of hydrogen-bond donors (Lipinski definition) is 2. The fraction of sp³-hybridized carbons (Fsp3) is 0.300. The summed E-state index contributed by atoms with van der Waals surface area (Å²) in [5.41, 5.74) is 1.47. The molecule has 140 valence electrons. The van der Waals surface area contributed by atoms with Crippen molar-refractivity contribution in [2.45, 2.75) is 32.9 Å². The van der Waals surface area contributed by atoms with Crippen LogP contribution in [-0.4, -0.2) is 15.9 Å². The third kappa shape index (κ3) is 3.63. The second-order valence-corrected chi connectivity index (χ2v) is 7.15. The number of halogens is 2. The number of carbonyl (C=O) groups is 1. The maximum atomic E-state index is 14.3. The normalized spacial score (nSPS) is 14.9. The number of amides is 1. The molecule has 3 aromatic rings. The van der Waals surface area contributed by atoms with Crippen LogP contribution in [0.25, 0.3) is 10.9 Å². The maximum Gasteiger partial charge on any atom is 0.226 e. The SMILES string of the molecule is CC1(C(=O)NCc2cc3cc(F)c(OCc4cccnc4F)cc3[nH]2)CC1. The van der Waals surface area contributed by atoms with Crippen LogP contribution < -0.4 is 10.1 Å². The van der Waals surface area contributed by atoms with Gasteiger partial charge in [-0.05, 0) is 37.1 Å². The van der Waals surface area contributed by atoms with Gasteiger partial charge < -0.3 is 15.0 Å². The quantitative estimate of drug-likeness (QED) is 0.647. The van der Waals surface area contributed by atoms with Gasteiger partial charge in [-0.1, -0.05) is 6.92 Å². The highest BCUT2D eigenvalue weighted by atomic mass is 19.1. The van der Waals surface area contributed by atoms with Crippen LogP contribution in [0.15, 0.2) is 36.5 Å². The van der Waals surface area contributed by atoms with Crippen LogP contribution in [0.2, 0.25) is 0 Å². The highest BCUT2D eigenvalue weighted by Gasteiger charge is 2.44. The van der Waals surface area contributed by atoms with Crippen molar-refractivity contribution in [2.75, 3.05) is 0 Å². The summed E-state index contributed by atoms with van der Waals surface area (Å²) in [6.07, 6.45) is 3.16. The summed E-state index contributed by atoms with van der Waals surface area (Å²) in [5, 5.41) is 3.58. The number of carbonyl (C=O) groups excluding carboxylic acids is 1. The third-order valence-electron chi connectivity index (χ3n) is 4.94. The van der Waals surface area contributed by atoms with Gasteiger partial charge in [0.1, 0.15) is 6.61 Å². The number of pyridine rings is 1. The Bertz CT molecular complexity index is 1010. The lowest BCUT2D eigenvalue weighted by molar-refractivity contribution is -0.125. The van der Waals surface area contributed by atoms with Gasteiger partial charge in [-0.2, -0.15) is 4.39 Å². The predicted octanol–water partition coefficient (Wildman–Crippen LogP) is 3.84. The second kappa shape index (κ2) is 6.64. The molecule has 2 heterocycles. The number of nitrogens with zero attached hydrogens (tertiary/aromatic N) is 1. The molecule has 0 bridgehead atoms. The number of benzene rings is 1. The lowest BCUT2D eigenvalue weighted by Crippen LogP contribution is -2.29. The molecule has 0 aliphatic heterocycles. The highest BCUT2D eigenvalue weighted by Crippen LogP contribution is 2.45. The Morgan fingerprint density at radius 1 is 1.33 bits per heavy atom. The van der Waals surface area contributed by atoms with Crippen LogP contribution in [0, 0.1) is 17.2 Å². The fourth-order valence-electron chi connectivity index (χ4n) is 2.89. The smallest absolute Gasteiger partial charge is 0.226 e. The second-order valence-electron chi connectivity index (χ2n) is 7.15. The van der Waals surface area contributed by atoms with E-state index in [9.17, 15) is 13.6 Å². The zero-order chi connectivity index (χ0) is 19.0. The van der Waals surface area contributed by atoms with Crippen molar-refractivity contribution in [1.82, 2.24) is 15.3 Å². The van der Waals surface area contributed by atoms with Gasteiger partial charge in [0.15, 0.2) is 11.6 Å². The molecule has 2 aromatic heterocycles. The summed E-state index contributed by atoms with van der Waals surface area (Å²) < 4.78 is 33.3. The summed E-state index contributed by atoms with van der Waals surface area (Å²) in [5.74, 6) is -1.11. The number of aromatic amines is 1. The van der Waals surface area contributed by atoms with E-state index in [-0.39, 0.29) is 29.2 Å². The summed E-state index contributed by atoms with van der Waals surface area (Å²) in [6, 6.07) is 7.81. The van der Waals surface area contributed by atoms with Crippen LogP contribution in [0.1, 0.15) is 31.0 Å². The molecule has 1 aliphatic rings. The van der Waals surface area contributed by atoms with E-state index in [1.54, 1.807) is 12.1 Å². The van der Waals surface area contributed by atoms with E-state index in [0.717, 1.165) is 18.5 Å². The number of aromatic nitrogens is 2. The molecule has 1 saturated carbocycles. The molecule has 1 amide bonds. The van der Waals surface area contributed by atoms with Gasteiger partial charge in [0.25, 0.3) is 0 Å². The van der Waals surface area contributed by atoms with E-state index in [0.29, 0.717) is 17.4 Å². The van der Waals surface area contributed by atoms with Crippen molar-refractivity contribution in [1.29, 1.82) is 0 Å². The fourth-order valence-corrected chi connectivity index (χ4v) is 2.89. The van der Waals surface area contributed by atoms with E-state index in [1.807, 2.05) is 6.92 Å². The molecular formula is C20H19F2N3O2. The van der Waals surface area contributed by atoms with Gasteiger partial charge in [0.2, 0.25) is 11.9 Å². The zero-order valence-corrected chi connectivity index (χ0v) is 14.8. The topological polar surface area (TPSA) is 67.0 Å². The van der Waals surface area contributed by atoms with Gasteiger partial charge in [-0.3, -0.25) is 4.79 Å². The van der Waals surface area contributed by atoms with Gasteiger partial charge >= 0.3 is 0 Å². The Balaban J connectivity index is 1.47. The van der Waals surface area contributed by atoms with Gasteiger partial charge in [0.05, 0.1) is 6.54 Å². The largest absolute Gasteiger partial charge is 0.486 e. The number of nitrogens with one attached hydrogen (secondary N) is 2. The highest BCUT2D eigenvalue weighted by molar-refractivity contribution is 5.85. The Labute approximate surface area is 154 Å². The van der Waals surface area contributed by atoms with Crippen molar-refractivity contribution < 1.29 is 18.3 Å². The van der Waals surface area contributed by atoms with Crippen LogP contribution in [0.4, 0.5) is 8.78 Å². The van der Waals surface area contributed by atoms with Gasteiger partial charge in [-0.25, -0.2) is 9.37 Å². The van der Waals surface area contributed by atoms with Crippen LogP contribution in [-0.2, 0) is 17.9 Å². The minimum atomic E-state index is -0.638. The van der Waals surface area contributed by atoms with E-state index in [4.69, 9.17) is 4.74 Å². The molecule has 1 fully saturated rings. The Kier molecular flexibility index (Phi) is 4.30. The lowest BCUT2D eigenvalue weighted by atomic mass is 10.1. The predicted molar refractivity (Wildman–Crippen MR) is 96.0 cm³/mol. The number of H-pyrrole nitrogens is 1. The van der Waals surface area contributed by atoms with Gasteiger partial charge in [0, 0.05) is 39.8 Å². The van der Waals surface area contributed by atoms with Crippen molar-refractivity contribution in [3.8, 4) is 5.75 Å². The van der Waals surface area contributed by atoms with E-state index in [2.05, 4.69) is 15.3 Å². The van der Waals surface area contributed by atoms with E-state index in [1.165, 1.54) is 24.4 Å². The molecule has 27 heavy (non-hydrogen) atoms. The monoisotopic (exact) mass is 371 g/mol. The zero-order valence-electron chi connectivity index (χ0n) is 14.8. The molecule has 5 nitrogen and oxygen atoms in total. The minimum Gasteiger partial charge on any atom is -0.486 e. The first-order valence-corrected chi connectivity index (χ1v) is 8.76. The Morgan fingerprint density at radius 2 is 2.15 bits per heavy atom. The molecule has 4 rings (SSSR count). The first kappa shape index (κ1) is 17.5. The maximum absolute atomic E-state index is 14.3. The molecule has 0 unspecified atom stereocenters. The third-order valence-corrected chi connectivity index (χ3v) is 4.94. The number of fused-ring (bicyclic) bond motifs is 1. The summed E-state index contributed by atoms with van der Waals surface area (Å²) in [6.45, 7) is 2.17. The average molecular weight is 371 g/mol. The Hall–Kier alpha value is -2.96. The Morgan fingerprint density at radius 3 is 2.89 bits per heavy atom. The first-order valence-electron chi connectivity index (χ1n) is 8.76. The van der Waals surface area contributed by atoms with Crippen LogP contribution >= 0.6 is 0 Å².